The van der Waals surface area contributed by atoms with Crippen LogP contribution in [-0.2, 0) is 11.3 Å². The molecule has 22 heavy (non-hydrogen) atoms. The van der Waals surface area contributed by atoms with Crippen LogP contribution >= 0.6 is 24.2 Å². The van der Waals surface area contributed by atoms with E-state index < -0.39 is 0 Å². The lowest BCUT2D eigenvalue weighted by molar-refractivity contribution is -0.121. The van der Waals surface area contributed by atoms with E-state index in [2.05, 4.69) is 0 Å². The van der Waals surface area contributed by atoms with Crippen LogP contribution in [0.3, 0.4) is 0 Å². The lowest BCUT2D eigenvalue weighted by Crippen LogP contribution is -2.18. The third kappa shape index (κ3) is 3.37. The van der Waals surface area contributed by atoms with E-state index in [1.54, 1.807) is 22.7 Å². The topological polar surface area (TPSA) is 33.5 Å². The number of rotatable bonds is 4. The van der Waals surface area contributed by atoms with E-state index in [-0.39, 0.29) is 5.91 Å². The van der Waals surface area contributed by atoms with Gasteiger partial charge in [-0.05, 0) is 23.8 Å². The number of hydrogen-bond acceptors (Lipinski definition) is 4. The Morgan fingerprint density at radius 3 is 2.73 bits per heavy atom. The maximum absolute atomic E-state index is 12.4. The maximum Gasteiger partial charge on any atom is 0.266 e. The predicted octanol–water partition coefficient (Wildman–Crippen LogP) is 4.24. The summed E-state index contributed by atoms with van der Waals surface area (Å²) in [4.78, 5) is 12.4. The first-order valence-electron chi connectivity index (χ1n) is 6.74. The minimum atomic E-state index is -0.0795. The highest BCUT2D eigenvalue weighted by Crippen LogP contribution is 2.31. The molecule has 1 saturated heterocycles. The number of thiocarbonyl (C=S) groups is 1. The first-order chi connectivity index (χ1) is 10.7. The monoisotopic (exact) mass is 327 g/mol. The van der Waals surface area contributed by atoms with Gasteiger partial charge in [-0.1, -0.05) is 54.7 Å². The zero-order chi connectivity index (χ0) is 15.4. The minimum absolute atomic E-state index is 0.0795. The molecule has 3 rings (SSSR count). The number of carbonyl (C=O) groups excluding carboxylic acids is 1. The van der Waals surface area contributed by atoms with Gasteiger partial charge in [-0.15, -0.1) is 0 Å². The van der Waals surface area contributed by atoms with E-state index in [0.717, 1.165) is 11.3 Å². The molecular formula is C17H13NO2S2. The van der Waals surface area contributed by atoms with Crippen molar-refractivity contribution in [2.45, 2.75) is 6.54 Å². The van der Waals surface area contributed by atoms with Crippen molar-refractivity contribution >= 4 is 40.3 Å². The van der Waals surface area contributed by atoms with Crippen LogP contribution in [0, 0.1) is 0 Å². The first-order valence-corrected chi connectivity index (χ1v) is 7.92. The molecule has 0 atom stereocenters. The minimum Gasteiger partial charge on any atom is -0.467 e. The van der Waals surface area contributed by atoms with Crippen LogP contribution in [-0.4, -0.2) is 14.4 Å². The Morgan fingerprint density at radius 2 is 2.00 bits per heavy atom. The number of furan rings is 1. The van der Waals surface area contributed by atoms with Crippen molar-refractivity contribution < 1.29 is 9.21 Å². The molecule has 110 valence electrons. The molecule has 1 aromatic carbocycles. The summed E-state index contributed by atoms with van der Waals surface area (Å²) < 4.78 is 7.48. The van der Waals surface area contributed by atoms with Crippen molar-refractivity contribution in [2.24, 2.45) is 0 Å². The Morgan fingerprint density at radius 1 is 1.18 bits per heavy atom. The maximum atomic E-state index is 12.4. The molecule has 0 spiro atoms. The molecular weight excluding hydrogens is 314 g/mol. The second kappa shape index (κ2) is 6.77. The lowest BCUT2D eigenvalue weighted by Gasteiger charge is -2.10. The average molecular weight is 327 g/mol. The summed E-state index contributed by atoms with van der Waals surface area (Å²) >= 11 is 6.57. The Balaban J connectivity index is 1.71. The molecule has 5 heteroatoms. The summed E-state index contributed by atoms with van der Waals surface area (Å²) in [6.45, 7) is 0.413. The second-order valence-electron chi connectivity index (χ2n) is 4.65. The number of benzene rings is 1. The van der Waals surface area contributed by atoms with Gasteiger partial charge in [0.15, 0.2) is 0 Å². The number of nitrogens with zero attached hydrogens (tertiary/aromatic N) is 1. The Kier molecular flexibility index (Phi) is 4.56. The van der Waals surface area contributed by atoms with E-state index in [4.69, 9.17) is 16.6 Å². The van der Waals surface area contributed by atoms with Crippen LogP contribution in [0.25, 0.3) is 6.08 Å². The van der Waals surface area contributed by atoms with Gasteiger partial charge in [0.1, 0.15) is 9.96 Å². The quantitative estimate of drug-likeness (QED) is 0.478. The number of allylic oxidation sites excluding steroid dienone is 2. The molecule has 3 nitrogen and oxygen atoms in total. The molecule has 1 aliphatic rings. The average Bonchev–Trinajstić information content (AvgIpc) is 3.12. The van der Waals surface area contributed by atoms with Crippen molar-refractivity contribution in [3.8, 4) is 0 Å². The van der Waals surface area contributed by atoms with Crippen LogP contribution in [0.4, 0.5) is 0 Å². The molecule has 2 aromatic rings. The van der Waals surface area contributed by atoms with Crippen LogP contribution in [0.5, 0.6) is 0 Å². The van der Waals surface area contributed by atoms with Gasteiger partial charge < -0.3 is 4.42 Å². The summed E-state index contributed by atoms with van der Waals surface area (Å²) in [6.07, 6.45) is 7.17. The van der Waals surface area contributed by atoms with Crippen molar-refractivity contribution in [2.75, 3.05) is 0 Å². The van der Waals surface area contributed by atoms with E-state index >= 15 is 0 Å². The Hall–Kier alpha value is -2.11. The van der Waals surface area contributed by atoms with E-state index in [9.17, 15) is 4.79 Å². The van der Waals surface area contributed by atoms with Gasteiger partial charge >= 0.3 is 0 Å². The summed E-state index contributed by atoms with van der Waals surface area (Å²) in [6, 6.07) is 13.6. The smallest absolute Gasteiger partial charge is 0.266 e. The Labute approximate surface area is 138 Å². The normalized spacial score (nSPS) is 17.1. The lowest BCUT2D eigenvalue weighted by atomic mass is 10.2. The van der Waals surface area contributed by atoms with Gasteiger partial charge in [0.2, 0.25) is 0 Å². The molecule has 1 aliphatic heterocycles. The van der Waals surface area contributed by atoms with Gasteiger partial charge in [0.25, 0.3) is 5.91 Å². The molecule has 0 aliphatic carbocycles. The number of carbonyl (C=O) groups is 1. The van der Waals surface area contributed by atoms with Crippen LogP contribution in [0.15, 0.2) is 70.9 Å². The molecule has 0 radical (unpaired) electrons. The van der Waals surface area contributed by atoms with Crippen LogP contribution in [0.1, 0.15) is 11.3 Å². The van der Waals surface area contributed by atoms with Crippen LogP contribution < -0.4 is 0 Å². The molecule has 1 amide bonds. The highest BCUT2D eigenvalue weighted by atomic mass is 32.2. The molecule has 0 saturated carbocycles. The number of amides is 1. The third-order valence-electron chi connectivity index (χ3n) is 3.10. The molecule has 2 heterocycles. The van der Waals surface area contributed by atoms with Gasteiger partial charge in [0.05, 0.1) is 18.4 Å². The second-order valence-corrected chi connectivity index (χ2v) is 6.35. The zero-order valence-corrected chi connectivity index (χ0v) is 13.3. The molecule has 1 fully saturated rings. The molecule has 0 unspecified atom stereocenters. The number of hydrogen-bond donors (Lipinski definition) is 0. The standard InChI is InChI=1S/C17H13NO2S2/c19-16-15(10-4-8-13-6-2-1-3-7-13)17(21)22-18(16)12-14-9-5-11-20-14/h1-11H,12H2/b8-4+,15-10+. The fraction of sp³-hybridized carbons (Fsp3) is 0.0588. The summed E-state index contributed by atoms with van der Waals surface area (Å²) in [5.41, 5.74) is 1.63. The SMILES string of the molecule is O=C1/C(=C\C=C\c2ccccc2)C(=S)SN1Cc1ccco1. The zero-order valence-electron chi connectivity index (χ0n) is 11.6. The van der Waals surface area contributed by atoms with Crippen molar-refractivity contribution in [3.63, 3.8) is 0 Å². The largest absolute Gasteiger partial charge is 0.467 e. The van der Waals surface area contributed by atoms with E-state index in [1.165, 1.54) is 11.9 Å². The summed E-state index contributed by atoms with van der Waals surface area (Å²) in [5, 5.41) is 0. The molecule has 1 aromatic heterocycles. The molecule has 0 N–H and O–H groups in total. The Bertz CT molecular complexity index is 733. The van der Waals surface area contributed by atoms with Crippen molar-refractivity contribution in [1.29, 1.82) is 0 Å². The van der Waals surface area contributed by atoms with Gasteiger partial charge in [-0.2, -0.15) is 0 Å². The third-order valence-corrected chi connectivity index (χ3v) is 4.45. The van der Waals surface area contributed by atoms with Gasteiger partial charge in [-0.3, -0.25) is 9.10 Å². The fourth-order valence-electron chi connectivity index (χ4n) is 2.02. The van der Waals surface area contributed by atoms with Crippen molar-refractivity contribution in [3.05, 3.63) is 77.8 Å². The first kappa shape index (κ1) is 14.8. The van der Waals surface area contributed by atoms with Gasteiger partial charge in [-0.25, -0.2) is 0 Å². The summed E-state index contributed by atoms with van der Waals surface area (Å²) in [5.74, 6) is 0.661. The van der Waals surface area contributed by atoms with Gasteiger partial charge in [0, 0.05) is 11.9 Å². The fourth-order valence-corrected chi connectivity index (χ4v) is 3.27. The predicted molar refractivity (Wildman–Crippen MR) is 93.0 cm³/mol. The van der Waals surface area contributed by atoms with E-state index in [0.29, 0.717) is 16.3 Å². The molecule has 0 bridgehead atoms. The van der Waals surface area contributed by atoms with Crippen LogP contribution in [0.2, 0.25) is 0 Å². The van der Waals surface area contributed by atoms with E-state index in [1.807, 2.05) is 48.6 Å². The van der Waals surface area contributed by atoms with Crippen molar-refractivity contribution in [1.82, 2.24) is 4.31 Å². The highest BCUT2D eigenvalue weighted by Gasteiger charge is 2.32. The highest BCUT2D eigenvalue weighted by molar-refractivity contribution is 8.23. The summed E-state index contributed by atoms with van der Waals surface area (Å²) in [7, 11) is 0.